The molecule has 2 aromatic rings. The molecule has 1 amide bonds. The average molecular weight is 323 g/mol. The number of benzene rings is 2. The molecule has 0 radical (unpaired) electrons. The highest BCUT2D eigenvalue weighted by molar-refractivity contribution is 5.67. The topological polar surface area (TPSA) is 38.3 Å². The second kappa shape index (κ2) is 10.3. The summed E-state index contributed by atoms with van der Waals surface area (Å²) in [5.74, 6) is 0.412. The van der Waals surface area contributed by atoms with E-state index in [4.69, 9.17) is 4.74 Å². The van der Waals surface area contributed by atoms with Crippen LogP contribution in [0.1, 0.15) is 36.8 Å². The maximum Gasteiger partial charge on any atom is 0.407 e. The molecule has 0 aliphatic carbocycles. The van der Waals surface area contributed by atoms with Gasteiger partial charge in [0, 0.05) is 6.54 Å². The van der Waals surface area contributed by atoms with E-state index in [1.54, 1.807) is 0 Å². The molecule has 0 bridgehead atoms. The molecule has 0 saturated heterocycles. The fourth-order valence-electron chi connectivity index (χ4n) is 2.35. The van der Waals surface area contributed by atoms with Crippen LogP contribution in [0.3, 0.4) is 0 Å². The Labute approximate surface area is 144 Å². The molecular formula is C21H25NO2. The van der Waals surface area contributed by atoms with E-state index in [2.05, 4.69) is 48.7 Å². The molecule has 1 N–H and O–H groups in total. The third-order valence-corrected chi connectivity index (χ3v) is 3.78. The molecule has 0 aliphatic heterocycles. The Morgan fingerprint density at radius 1 is 1.08 bits per heavy atom. The molecular weight excluding hydrogens is 298 g/mol. The van der Waals surface area contributed by atoms with Crippen molar-refractivity contribution >= 4 is 6.09 Å². The molecule has 1 atom stereocenters. The number of allylic oxidation sites excluding steroid dienone is 2. The molecule has 0 saturated carbocycles. The monoisotopic (exact) mass is 323 g/mol. The lowest BCUT2D eigenvalue weighted by Crippen LogP contribution is -2.25. The Morgan fingerprint density at radius 2 is 1.75 bits per heavy atom. The van der Waals surface area contributed by atoms with Crippen molar-refractivity contribution < 1.29 is 9.53 Å². The van der Waals surface area contributed by atoms with Gasteiger partial charge in [-0.25, -0.2) is 4.79 Å². The first-order valence-electron chi connectivity index (χ1n) is 8.42. The van der Waals surface area contributed by atoms with Gasteiger partial charge < -0.3 is 10.1 Å². The van der Waals surface area contributed by atoms with Crippen LogP contribution in [0.15, 0.2) is 72.8 Å². The lowest BCUT2D eigenvalue weighted by Gasteiger charge is -2.07. The summed E-state index contributed by atoms with van der Waals surface area (Å²) in [5.41, 5.74) is 2.31. The van der Waals surface area contributed by atoms with E-state index in [1.165, 1.54) is 5.56 Å². The first-order chi connectivity index (χ1) is 11.8. The van der Waals surface area contributed by atoms with E-state index in [1.807, 2.05) is 36.4 Å². The molecule has 1 unspecified atom stereocenters. The number of ether oxygens (including phenoxy) is 1. The highest BCUT2D eigenvalue weighted by Crippen LogP contribution is 2.16. The second-order valence-electron chi connectivity index (χ2n) is 5.76. The number of hydrogen-bond acceptors (Lipinski definition) is 2. The number of carbonyl (C=O) groups is 1. The molecule has 3 heteroatoms. The molecule has 0 fully saturated rings. The summed E-state index contributed by atoms with van der Waals surface area (Å²) in [6.45, 7) is 3.11. The summed E-state index contributed by atoms with van der Waals surface area (Å²) in [4.78, 5) is 11.6. The van der Waals surface area contributed by atoms with Crippen molar-refractivity contribution in [3.63, 3.8) is 0 Å². The van der Waals surface area contributed by atoms with Crippen LogP contribution in [0, 0.1) is 0 Å². The van der Waals surface area contributed by atoms with Gasteiger partial charge in [-0.1, -0.05) is 79.7 Å². The molecule has 2 rings (SSSR count). The van der Waals surface area contributed by atoms with E-state index in [-0.39, 0.29) is 6.09 Å². The van der Waals surface area contributed by atoms with Gasteiger partial charge in [-0.15, -0.1) is 0 Å². The van der Waals surface area contributed by atoms with Crippen molar-refractivity contribution in [1.29, 1.82) is 0 Å². The summed E-state index contributed by atoms with van der Waals surface area (Å²) in [6.07, 6.45) is 5.87. The Kier molecular flexibility index (Phi) is 7.61. The summed E-state index contributed by atoms with van der Waals surface area (Å²) < 4.78 is 5.16. The minimum Gasteiger partial charge on any atom is -0.445 e. The molecule has 0 aromatic heterocycles. The van der Waals surface area contributed by atoms with Gasteiger partial charge in [-0.05, 0) is 29.9 Å². The van der Waals surface area contributed by atoms with Crippen molar-refractivity contribution in [2.45, 2.75) is 32.3 Å². The van der Waals surface area contributed by atoms with Crippen LogP contribution < -0.4 is 5.32 Å². The van der Waals surface area contributed by atoms with Gasteiger partial charge in [-0.2, -0.15) is 0 Å². The number of nitrogens with one attached hydrogen (secondary N) is 1. The van der Waals surface area contributed by atoms with Crippen molar-refractivity contribution in [1.82, 2.24) is 5.32 Å². The third kappa shape index (κ3) is 6.69. The molecule has 0 heterocycles. The van der Waals surface area contributed by atoms with Crippen LogP contribution in [0.2, 0.25) is 0 Å². The zero-order chi connectivity index (χ0) is 17.0. The highest BCUT2D eigenvalue weighted by atomic mass is 16.5. The van der Waals surface area contributed by atoms with E-state index in [9.17, 15) is 4.79 Å². The molecule has 0 aliphatic rings. The fourth-order valence-corrected chi connectivity index (χ4v) is 2.35. The van der Waals surface area contributed by atoms with Gasteiger partial charge in [0.05, 0.1) is 0 Å². The van der Waals surface area contributed by atoms with E-state index >= 15 is 0 Å². The zero-order valence-electron chi connectivity index (χ0n) is 14.2. The van der Waals surface area contributed by atoms with Gasteiger partial charge in [0.2, 0.25) is 0 Å². The lowest BCUT2D eigenvalue weighted by atomic mass is 10.0. The predicted molar refractivity (Wildman–Crippen MR) is 97.9 cm³/mol. The van der Waals surface area contributed by atoms with Crippen molar-refractivity contribution in [3.8, 4) is 0 Å². The minimum absolute atomic E-state index is 0.307. The van der Waals surface area contributed by atoms with Crippen LogP contribution in [0.25, 0.3) is 0 Å². The molecule has 24 heavy (non-hydrogen) atoms. The van der Waals surface area contributed by atoms with E-state index in [0.717, 1.165) is 18.4 Å². The number of carbonyl (C=O) groups excluding carboxylic acids is 1. The van der Waals surface area contributed by atoms with Crippen LogP contribution in [-0.4, -0.2) is 12.6 Å². The number of amides is 1. The minimum atomic E-state index is -0.361. The fraction of sp³-hybridized carbons (Fsp3) is 0.286. The van der Waals surface area contributed by atoms with Crippen LogP contribution in [0.4, 0.5) is 4.79 Å². The average Bonchev–Trinajstić information content (AvgIpc) is 2.64. The summed E-state index contributed by atoms with van der Waals surface area (Å²) in [6, 6.07) is 20.1. The van der Waals surface area contributed by atoms with Gasteiger partial charge in [0.15, 0.2) is 0 Å². The van der Waals surface area contributed by atoms with Gasteiger partial charge >= 0.3 is 6.09 Å². The second-order valence-corrected chi connectivity index (χ2v) is 5.76. The number of hydrogen-bond donors (Lipinski definition) is 1. The first-order valence-corrected chi connectivity index (χ1v) is 8.42. The quantitative estimate of drug-likeness (QED) is 0.545. The Hall–Kier alpha value is -2.55. The summed E-state index contributed by atoms with van der Waals surface area (Å²) in [7, 11) is 0. The van der Waals surface area contributed by atoms with Crippen molar-refractivity contribution in [2.24, 2.45) is 0 Å². The van der Waals surface area contributed by atoms with Crippen LogP contribution in [0.5, 0.6) is 0 Å². The predicted octanol–water partition coefficient (Wildman–Crippen LogP) is 5.05. The maximum absolute atomic E-state index is 11.6. The molecule has 3 nitrogen and oxygen atoms in total. The SMILES string of the molecule is CC(/C=C\CCCNC(=O)OCc1ccccc1)c1ccccc1. The maximum atomic E-state index is 11.6. The lowest BCUT2D eigenvalue weighted by molar-refractivity contribution is 0.139. The smallest absolute Gasteiger partial charge is 0.407 e. The standard InChI is InChI=1S/C21H25NO2/c1-18(20-14-8-3-9-15-20)11-5-4-10-16-22-21(23)24-17-19-12-6-2-7-13-19/h2-3,5-9,11-15,18H,4,10,16-17H2,1H3,(H,22,23)/b11-5-. The normalized spacial score (nSPS) is 12.0. The van der Waals surface area contributed by atoms with Crippen molar-refractivity contribution in [2.75, 3.05) is 6.54 Å². The Morgan fingerprint density at radius 3 is 2.46 bits per heavy atom. The van der Waals surface area contributed by atoms with Crippen LogP contribution in [-0.2, 0) is 11.3 Å². The Bertz CT molecular complexity index is 623. The third-order valence-electron chi connectivity index (χ3n) is 3.78. The highest BCUT2D eigenvalue weighted by Gasteiger charge is 2.01. The van der Waals surface area contributed by atoms with Gasteiger partial charge in [-0.3, -0.25) is 0 Å². The number of alkyl carbamates (subject to hydrolysis) is 1. The molecule has 0 spiro atoms. The number of unbranched alkanes of at least 4 members (excludes halogenated alkanes) is 1. The Balaban J connectivity index is 1.56. The zero-order valence-corrected chi connectivity index (χ0v) is 14.2. The van der Waals surface area contributed by atoms with Gasteiger partial charge in [0.25, 0.3) is 0 Å². The van der Waals surface area contributed by atoms with Crippen LogP contribution >= 0.6 is 0 Å². The van der Waals surface area contributed by atoms with E-state index in [0.29, 0.717) is 19.1 Å². The summed E-state index contributed by atoms with van der Waals surface area (Å²) in [5, 5.41) is 2.78. The van der Waals surface area contributed by atoms with Gasteiger partial charge in [0.1, 0.15) is 6.61 Å². The van der Waals surface area contributed by atoms with Crippen molar-refractivity contribution in [3.05, 3.63) is 83.9 Å². The summed E-state index contributed by atoms with van der Waals surface area (Å²) >= 11 is 0. The number of rotatable bonds is 8. The largest absolute Gasteiger partial charge is 0.445 e. The van der Waals surface area contributed by atoms with E-state index < -0.39 is 0 Å². The molecule has 126 valence electrons. The first kappa shape index (κ1) is 17.8. The molecule has 2 aromatic carbocycles.